The minimum atomic E-state index is 0. The zero-order valence-corrected chi connectivity index (χ0v) is 10.7. The molecule has 0 saturated carbocycles. The van der Waals surface area contributed by atoms with Crippen LogP contribution in [0.5, 0.6) is 0 Å². The second-order valence-electron chi connectivity index (χ2n) is 3.74. The van der Waals surface area contributed by atoms with Crippen molar-refractivity contribution in [3.05, 3.63) is 35.9 Å². The van der Waals surface area contributed by atoms with Gasteiger partial charge >= 0.3 is 0 Å². The third-order valence-electron chi connectivity index (χ3n) is 2.30. The fraction of sp³-hybridized carbons (Fsp3) is 0.462. The predicted octanol–water partition coefficient (Wildman–Crippen LogP) is 3.20. The molecular formula is C13H21ClN2. The van der Waals surface area contributed by atoms with E-state index in [-0.39, 0.29) is 12.4 Å². The molecule has 0 fully saturated rings. The molecule has 0 aliphatic carbocycles. The van der Waals surface area contributed by atoms with Gasteiger partial charge in [-0.05, 0) is 12.0 Å². The number of halogens is 1. The highest BCUT2D eigenvalue weighted by Crippen LogP contribution is 2.00. The summed E-state index contributed by atoms with van der Waals surface area (Å²) in [5, 5.41) is 0. The Labute approximate surface area is 104 Å². The first-order chi connectivity index (χ1) is 7.33. The van der Waals surface area contributed by atoms with Crippen molar-refractivity contribution in [3.63, 3.8) is 0 Å². The van der Waals surface area contributed by atoms with Gasteiger partial charge in [-0.2, -0.15) is 0 Å². The Bertz CT molecular complexity index is 296. The molecular weight excluding hydrogens is 220 g/mol. The maximum absolute atomic E-state index is 5.84. The van der Waals surface area contributed by atoms with E-state index in [1.165, 1.54) is 18.4 Å². The van der Waals surface area contributed by atoms with E-state index < -0.39 is 0 Å². The lowest BCUT2D eigenvalue weighted by Gasteiger charge is -2.01. The van der Waals surface area contributed by atoms with Gasteiger partial charge in [0.2, 0.25) is 0 Å². The summed E-state index contributed by atoms with van der Waals surface area (Å²) in [5.74, 6) is 0.748. The van der Waals surface area contributed by atoms with Crippen LogP contribution in [-0.4, -0.2) is 12.4 Å². The van der Waals surface area contributed by atoms with E-state index in [1.807, 2.05) is 18.2 Å². The minimum Gasteiger partial charge on any atom is -0.387 e. The lowest BCUT2D eigenvalue weighted by atomic mass is 10.1. The molecule has 0 spiro atoms. The summed E-state index contributed by atoms with van der Waals surface area (Å²) in [6, 6.07) is 10.2. The van der Waals surface area contributed by atoms with Crippen LogP contribution < -0.4 is 5.73 Å². The first-order valence-corrected chi connectivity index (χ1v) is 5.65. The molecule has 0 heterocycles. The monoisotopic (exact) mass is 240 g/mol. The summed E-state index contributed by atoms with van der Waals surface area (Å²) in [5.41, 5.74) is 7.07. The molecule has 2 nitrogen and oxygen atoms in total. The van der Waals surface area contributed by atoms with Crippen LogP contribution in [0.4, 0.5) is 0 Å². The Kier molecular flexibility index (Phi) is 8.64. The number of benzene rings is 1. The molecule has 0 bridgehead atoms. The molecule has 1 aromatic rings. The summed E-state index contributed by atoms with van der Waals surface area (Å²) < 4.78 is 0. The summed E-state index contributed by atoms with van der Waals surface area (Å²) in [7, 11) is 0. The van der Waals surface area contributed by atoms with Gasteiger partial charge in [-0.3, -0.25) is 4.99 Å². The number of hydrogen-bond acceptors (Lipinski definition) is 1. The van der Waals surface area contributed by atoms with E-state index in [4.69, 9.17) is 5.73 Å². The van der Waals surface area contributed by atoms with Crippen LogP contribution in [0.3, 0.4) is 0 Å². The molecule has 0 radical (unpaired) electrons. The van der Waals surface area contributed by atoms with E-state index in [0.29, 0.717) is 0 Å². The number of nitrogens with zero attached hydrogens (tertiary/aromatic N) is 1. The lowest BCUT2D eigenvalue weighted by molar-refractivity contribution is 0.727. The van der Waals surface area contributed by atoms with E-state index >= 15 is 0 Å². The quantitative estimate of drug-likeness (QED) is 0.463. The second-order valence-corrected chi connectivity index (χ2v) is 3.74. The number of aliphatic imine (C=N–C) groups is 1. The van der Waals surface area contributed by atoms with Crippen LogP contribution in [0.2, 0.25) is 0 Å². The van der Waals surface area contributed by atoms with Crippen LogP contribution in [0, 0.1) is 0 Å². The zero-order chi connectivity index (χ0) is 10.9. The third kappa shape index (κ3) is 6.46. The average molecular weight is 241 g/mol. The van der Waals surface area contributed by atoms with Crippen molar-refractivity contribution in [2.75, 3.05) is 6.54 Å². The molecule has 90 valence electrons. The highest BCUT2D eigenvalue weighted by Gasteiger charge is 1.94. The smallest absolute Gasteiger partial charge is 0.0981 e. The molecule has 0 saturated heterocycles. The van der Waals surface area contributed by atoms with Crippen LogP contribution in [0.15, 0.2) is 35.3 Å². The minimum absolute atomic E-state index is 0. The Morgan fingerprint density at radius 1 is 1.19 bits per heavy atom. The van der Waals surface area contributed by atoms with Gasteiger partial charge in [0.15, 0.2) is 0 Å². The molecule has 0 atom stereocenters. The van der Waals surface area contributed by atoms with Crippen LogP contribution >= 0.6 is 12.4 Å². The first-order valence-electron chi connectivity index (χ1n) is 5.65. The van der Waals surface area contributed by atoms with Crippen molar-refractivity contribution in [3.8, 4) is 0 Å². The van der Waals surface area contributed by atoms with Crippen molar-refractivity contribution in [1.29, 1.82) is 0 Å². The second kappa shape index (κ2) is 9.22. The molecule has 0 aromatic heterocycles. The number of rotatable bonds is 6. The van der Waals surface area contributed by atoms with Gasteiger partial charge in [0.25, 0.3) is 0 Å². The van der Waals surface area contributed by atoms with Gasteiger partial charge in [-0.1, -0.05) is 50.1 Å². The summed E-state index contributed by atoms with van der Waals surface area (Å²) >= 11 is 0. The van der Waals surface area contributed by atoms with E-state index in [0.717, 1.165) is 25.2 Å². The van der Waals surface area contributed by atoms with Gasteiger partial charge in [-0.25, -0.2) is 0 Å². The van der Waals surface area contributed by atoms with Crippen molar-refractivity contribution >= 4 is 18.2 Å². The van der Waals surface area contributed by atoms with E-state index in [9.17, 15) is 0 Å². The molecule has 0 aliphatic heterocycles. The Morgan fingerprint density at radius 3 is 2.50 bits per heavy atom. The van der Waals surface area contributed by atoms with Crippen molar-refractivity contribution in [1.82, 2.24) is 0 Å². The Morgan fingerprint density at radius 2 is 1.88 bits per heavy atom. The maximum atomic E-state index is 5.84. The SMILES string of the molecule is CCCCCN=C(N)Cc1ccccc1.Cl. The number of unbranched alkanes of at least 4 members (excludes halogenated alkanes) is 2. The molecule has 1 aromatic carbocycles. The molecule has 2 N–H and O–H groups in total. The fourth-order valence-corrected chi connectivity index (χ4v) is 1.45. The summed E-state index contributed by atoms with van der Waals surface area (Å²) in [6.07, 6.45) is 4.38. The van der Waals surface area contributed by atoms with Gasteiger partial charge in [0.05, 0.1) is 5.84 Å². The third-order valence-corrected chi connectivity index (χ3v) is 2.30. The predicted molar refractivity (Wildman–Crippen MR) is 73.4 cm³/mol. The topological polar surface area (TPSA) is 38.4 Å². The lowest BCUT2D eigenvalue weighted by Crippen LogP contribution is -2.15. The highest BCUT2D eigenvalue weighted by molar-refractivity contribution is 5.85. The maximum Gasteiger partial charge on any atom is 0.0981 e. The Hall–Kier alpha value is -1.02. The average Bonchev–Trinajstić information content (AvgIpc) is 2.26. The number of nitrogens with two attached hydrogens (primary N) is 1. The van der Waals surface area contributed by atoms with Crippen molar-refractivity contribution in [2.24, 2.45) is 10.7 Å². The molecule has 16 heavy (non-hydrogen) atoms. The normalized spacial score (nSPS) is 10.9. The standard InChI is InChI=1S/C13H20N2.ClH/c1-2-3-7-10-15-13(14)11-12-8-5-4-6-9-12;/h4-6,8-9H,2-3,7,10-11H2,1H3,(H2,14,15);1H. The summed E-state index contributed by atoms with van der Waals surface area (Å²) in [4.78, 5) is 4.35. The fourth-order valence-electron chi connectivity index (χ4n) is 1.45. The molecule has 3 heteroatoms. The Balaban J connectivity index is 0.00000225. The first kappa shape index (κ1) is 15.0. The van der Waals surface area contributed by atoms with E-state index in [1.54, 1.807) is 0 Å². The van der Waals surface area contributed by atoms with Crippen molar-refractivity contribution < 1.29 is 0 Å². The largest absolute Gasteiger partial charge is 0.387 e. The molecule has 1 rings (SSSR count). The van der Waals surface area contributed by atoms with Crippen LogP contribution in [0.1, 0.15) is 31.7 Å². The highest BCUT2D eigenvalue weighted by atomic mass is 35.5. The van der Waals surface area contributed by atoms with Gasteiger partial charge < -0.3 is 5.73 Å². The molecule has 0 amide bonds. The van der Waals surface area contributed by atoms with Gasteiger partial charge in [-0.15, -0.1) is 12.4 Å². The number of hydrogen-bond donors (Lipinski definition) is 1. The zero-order valence-electron chi connectivity index (χ0n) is 9.86. The van der Waals surface area contributed by atoms with E-state index in [2.05, 4.69) is 24.0 Å². The van der Waals surface area contributed by atoms with Crippen molar-refractivity contribution in [2.45, 2.75) is 32.6 Å². The molecule has 0 unspecified atom stereocenters. The van der Waals surface area contributed by atoms with Gasteiger partial charge in [0.1, 0.15) is 0 Å². The summed E-state index contributed by atoms with van der Waals surface area (Å²) in [6.45, 7) is 3.06. The van der Waals surface area contributed by atoms with Crippen LogP contribution in [0.25, 0.3) is 0 Å². The molecule has 0 aliphatic rings. The van der Waals surface area contributed by atoms with Gasteiger partial charge in [0, 0.05) is 13.0 Å². The number of amidine groups is 1. The van der Waals surface area contributed by atoms with Crippen LogP contribution in [-0.2, 0) is 6.42 Å².